The minimum atomic E-state index is -0.639. The van der Waals surface area contributed by atoms with Gasteiger partial charge in [-0.25, -0.2) is 0 Å². The molecular formula is C11H20N2O2S. The number of hydrogen-bond donors (Lipinski definition) is 2. The molecule has 92 valence electrons. The Morgan fingerprint density at radius 1 is 1.62 bits per heavy atom. The zero-order valence-electron chi connectivity index (χ0n) is 9.90. The van der Waals surface area contributed by atoms with Gasteiger partial charge in [-0.2, -0.15) is 0 Å². The van der Waals surface area contributed by atoms with Crippen LogP contribution in [0.15, 0.2) is 0 Å². The van der Waals surface area contributed by atoms with Crippen molar-refractivity contribution >= 4 is 23.1 Å². The zero-order valence-corrected chi connectivity index (χ0v) is 10.7. The van der Waals surface area contributed by atoms with Gasteiger partial charge in [-0.3, -0.25) is 4.79 Å². The van der Waals surface area contributed by atoms with Crippen LogP contribution in [-0.2, 0) is 4.79 Å². The van der Waals surface area contributed by atoms with E-state index in [9.17, 15) is 4.79 Å². The Morgan fingerprint density at radius 3 is 2.50 bits per heavy atom. The Kier molecular flexibility index (Phi) is 4.27. The largest absolute Gasteiger partial charge is 0.395 e. The number of likely N-dealkylation sites (N-methyl/N-ethyl adjacent to an activating group) is 1. The summed E-state index contributed by atoms with van der Waals surface area (Å²) in [5, 5.41) is 8.91. The number of rotatable bonds is 5. The number of thiocarbonyl (C=S) groups is 1. The first-order valence-electron chi connectivity index (χ1n) is 5.68. The number of aliphatic hydroxyl groups excluding tert-OH is 1. The number of nitrogens with zero attached hydrogens (tertiary/aromatic N) is 1. The summed E-state index contributed by atoms with van der Waals surface area (Å²) in [6, 6.07) is 0. The Balaban J connectivity index is 2.80. The second kappa shape index (κ2) is 5.10. The van der Waals surface area contributed by atoms with Crippen molar-refractivity contribution in [1.29, 1.82) is 0 Å². The molecule has 0 saturated heterocycles. The molecule has 1 amide bonds. The van der Waals surface area contributed by atoms with E-state index in [0.29, 0.717) is 24.0 Å². The second-order valence-corrected chi connectivity index (χ2v) is 5.01. The molecule has 3 N–H and O–H groups in total. The first-order valence-corrected chi connectivity index (χ1v) is 6.09. The van der Waals surface area contributed by atoms with Gasteiger partial charge in [0.1, 0.15) is 0 Å². The molecule has 0 atom stereocenters. The van der Waals surface area contributed by atoms with E-state index in [0.717, 1.165) is 12.8 Å². The highest BCUT2D eigenvalue weighted by atomic mass is 32.1. The van der Waals surface area contributed by atoms with Gasteiger partial charge in [0.05, 0.1) is 17.0 Å². The number of hydrogen-bond acceptors (Lipinski definition) is 3. The summed E-state index contributed by atoms with van der Waals surface area (Å²) in [7, 11) is 0. The predicted molar refractivity (Wildman–Crippen MR) is 67.0 cm³/mol. The molecule has 0 aliphatic heterocycles. The molecule has 1 saturated carbocycles. The molecular weight excluding hydrogens is 224 g/mol. The van der Waals surface area contributed by atoms with Crippen molar-refractivity contribution in [3.8, 4) is 0 Å². The van der Waals surface area contributed by atoms with Crippen molar-refractivity contribution in [2.75, 3.05) is 19.7 Å². The Bertz CT molecular complexity index is 288. The average molecular weight is 244 g/mol. The van der Waals surface area contributed by atoms with Crippen LogP contribution in [0.1, 0.15) is 26.7 Å². The third-order valence-electron chi connectivity index (χ3n) is 3.31. The van der Waals surface area contributed by atoms with E-state index < -0.39 is 5.41 Å². The van der Waals surface area contributed by atoms with Gasteiger partial charge in [-0.05, 0) is 25.7 Å². The molecule has 0 aromatic rings. The maximum absolute atomic E-state index is 12.3. The van der Waals surface area contributed by atoms with Crippen LogP contribution >= 0.6 is 12.2 Å². The van der Waals surface area contributed by atoms with Gasteiger partial charge in [0.2, 0.25) is 5.91 Å². The molecule has 0 unspecified atom stereocenters. The fourth-order valence-electron chi connectivity index (χ4n) is 2.44. The van der Waals surface area contributed by atoms with Gasteiger partial charge in [0.15, 0.2) is 0 Å². The highest BCUT2D eigenvalue weighted by molar-refractivity contribution is 7.80. The predicted octanol–water partition coefficient (Wildman–Crippen LogP) is 0.530. The first-order chi connectivity index (χ1) is 7.47. The molecule has 0 spiro atoms. The highest BCUT2D eigenvalue weighted by Gasteiger charge is 2.52. The molecule has 1 aliphatic carbocycles. The quantitative estimate of drug-likeness (QED) is 0.692. The molecule has 5 heteroatoms. The van der Waals surface area contributed by atoms with E-state index in [1.807, 2.05) is 6.92 Å². The minimum absolute atomic E-state index is 0.0188. The Morgan fingerprint density at radius 2 is 2.19 bits per heavy atom. The standard InChI is InChI=1S/C11H20N2O2S/c1-3-13(4-5-14)10(15)11(9(12)16)6-8(2)7-11/h8,14H,3-7H2,1-2H3,(H2,12,16). The lowest BCUT2D eigenvalue weighted by atomic mass is 9.61. The first kappa shape index (κ1) is 13.4. The van der Waals surface area contributed by atoms with E-state index in [1.165, 1.54) is 0 Å². The number of aliphatic hydroxyl groups is 1. The van der Waals surface area contributed by atoms with Gasteiger partial charge in [0.25, 0.3) is 0 Å². The van der Waals surface area contributed by atoms with E-state index in [4.69, 9.17) is 23.1 Å². The molecule has 16 heavy (non-hydrogen) atoms. The summed E-state index contributed by atoms with van der Waals surface area (Å²) in [5.41, 5.74) is 5.07. The molecule has 4 nitrogen and oxygen atoms in total. The monoisotopic (exact) mass is 244 g/mol. The van der Waals surface area contributed by atoms with Crippen LogP contribution < -0.4 is 5.73 Å². The van der Waals surface area contributed by atoms with Crippen LogP contribution in [0.5, 0.6) is 0 Å². The fraction of sp³-hybridized carbons (Fsp3) is 0.818. The number of carbonyl (C=O) groups excluding carboxylic acids is 1. The van der Waals surface area contributed by atoms with Crippen molar-refractivity contribution < 1.29 is 9.90 Å². The van der Waals surface area contributed by atoms with Crippen LogP contribution in [0.25, 0.3) is 0 Å². The molecule has 0 radical (unpaired) electrons. The molecule has 1 fully saturated rings. The molecule has 0 bridgehead atoms. The summed E-state index contributed by atoms with van der Waals surface area (Å²) in [4.78, 5) is 14.2. The molecule has 0 aromatic heterocycles. The molecule has 1 aliphatic rings. The Hall–Kier alpha value is -0.680. The topological polar surface area (TPSA) is 66.6 Å². The van der Waals surface area contributed by atoms with Gasteiger partial charge in [-0.15, -0.1) is 0 Å². The molecule has 1 rings (SSSR count). The summed E-state index contributed by atoms with van der Waals surface area (Å²) >= 11 is 5.03. The van der Waals surface area contributed by atoms with Gasteiger partial charge in [-0.1, -0.05) is 19.1 Å². The van der Waals surface area contributed by atoms with E-state index in [-0.39, 0.29) is 12.5 Å². The Labute approximate surface area is 102 Å². The van der Waals surface area contributed by atoms with Crippen molar-refractivity contribution in [2.45, 2.75) is 26.7 Å². The van der Waals surface area contributed by atoms with Crippen molar-refractivity contribution in [3.63, 3.8) is 0 Å². The maximum atomic E-state index is 12.3. The number of amides is 1. The normalized spacial score (nSPS) is 28.3. The molecule has 0 heterocycles. The summed E-state index contributed by atoms with van der Waals surface area (Å²) in [6.45, 7) is 4.89. The summed E-state index contributed by atoms with van der Waals surface area (Å²) in [6.07, 6.45) is 1.48. The van der Waals surface area contributed by atoms with Crippen LogP contribution in [-0.4, -0.2) is 40.6 Å². The van der Waals surface area contributed by atoms with Crippen LogP contribution in [0.4, 0.5) is 0 Å². The number of carbonyl (C=O) groups is 1. The lowest BCUT2D eigenvalue weighted by Crippen LogP contribution is -2.57. The minimum Gasteiger partial charge on any atom is -0.395 e. The summed E-state index contributed by atoms with van der Waals surface area (Å²) < 4.78 is 0. The van der Waals surface area contributed by atoms with E-state index in [2.05, 4.69) is 6.92 Å². The van der Waals surface area contributed by atoms with Crippen molar-refractivity contribution in [3.05, 3.63) is 0 Å². The maximum Gasteiger partial charge on any atom is 0.235 e. The van der Waals surface area contributed by atoms with Gasteiger partial charge < -0.3 is 15.7 Å². The van der Waals surface area contributed by atoms with Crippen LogP contribution in [0, 0.1) is 11.3 Å². The molecule has 0 aromatic carbocycles. The van der Waals surface area contributed by atoms with Crippen molar-refractivity contribution in [1.82, 2.24) is 4.90 Å². The van der Waals surface area contributed by atoms with Crippen LogP contribution in [0.3, 0.4) is 0 Å². The highest BCUT2D eigenvalue weighted by Crippen LogP contribution is 2.47. The van der Waals surface area contributed by atoms with Gasteiger partial charge >= 0.3 is 0 Å². The third-order valence-corrected chi connectivity index (χ3v) is 3.70. The van der Waals surface area contributed by atoms with E-state index >= 15 is 0 Å². The third kappa shape index (κ3) is 2.20. The average Bonchev–Trinajstić information content (AvgIpc) is 2.19. The SMILES string of the molecule is CCN(CCO)C(=O)C1(C(N)=S)CC(C)C1. The summed E-state index contributed by atoms with van der Waals surface area (Å²) in [5.74, 6) is 0.480. The lowest BCUT2D eigenvalue weighted by Gasteiger charge is -2.46. The van der Waals surface area contributed by atoms with E-state index in [1.54, 1.807) is 4.90 Å². The lowest BCUT2D eigenvalue weighted by molar-refractivity contribution is -0.144. The number of nitrogens with two attached hydrogens (primary N) is 1. The smallest absolute Gasteiger partial charge is 0.235 e. The van der Waals surface area contributed by atoms with Crippen LogP contribution in [0.2, 0.25) is 0 Å². The second-order valence-electron chi connectivity index (χ2n) is 4.57. The van der Waals surface area contributed by atoms with Gasteiger partial charge in [0, 0.05) is 13.1 Å². The van der Waals surface area contributed by atoms with Crippen molar-refractivity contribution in [2.24, 2.45) is 17.1 Å². The fourth-order valence-corrected chi connectivity index (χ4v) is 2.69. The zero-order chi connectivity index (χ0) is 12.3.